The van der Waals surface area contributed by atoms with Crippen LogP contribution in [0.1, 0.15) is 22.3 Å². The topological polar surface area (TPSA) is 66.6 Å². The van der Waals surface area contributed by atoms with Gasteiger partial charge in [0.2, 0.25) is 0 Å². The van der Waals surface area contributed by atoms with Gasteiger partial charge in [0, 0.05) is 25.4 Å². The van der Waals surface area contributed by atoms with Crippen LogP contribution in [0.2, 0.25) is 0 Å². The molecule has 1 aromatic carbocycles. The normalized spacial score (nSPS) is 14.5. The van der Waals surface area contributed by atoms with Gasteiger partial charge in [0.05, 0.1) is 5.56 Å². The fourth-order valence-electron chi connectivity index (χ4n) is 1.89. The first kappa shape index (κ1) is 9.98. The van der Waals surface area contributed by atoms with Crippen LogP contribution in [0.5, 0.6) is 0 Å². The minimum absolute atomic E-state index is 0.0171. The Kier molecular flexibility index (Phi) is 2.60. The summed E-state index contributed by atoms with van der Waals surface area (Å²) in [6, 6.07) is 5.52. The lowest BCUT2D eigenvalue weighted by Gasteiger charge is -2.14. The van der Waals surface area contributed by atoms with Crippen molar-refractivity contribution in [2.24, 2.45) is 0 Å². The molecular weight excluding hydrogens is 192 g/mol. The van der Waals surface area contributed by atoms with Crippen molar-refractivity contribution in [3.63, 3.8) is 0 Å². The zero-order chi connectivity index (χ0) is 10.8. The third kappa shape index (κ3) is 1.68. The van der Waals surface area contributed by atoms with Crippen molar-refractivity contribution in [3.8, 4) is 0 Å². The van der Waals surface area contributed by atoms with E-state index < -0.39 is 0 Å². The number of carbonyl (C=O) groups is 1. The molecule has 0 saturated carbocycles. The minimum atomic E-state index is -0.0171. The van der Waals surface area contributed by atoms with Crippen LogP contribution >= 0.6 is 0 Å². The molecule has 1 aromatic rings. The van der Waals surface area contributed by atoms with E-state index in [-0.39, 0.29) is 12.5 Å². The highest BCUT2D eigenvalue weighted by Gasteiger charge is 2.28. The summed E-state index contributed by atoms with van der Waals surface area (Å²) in [6.45, 7) is 1.30. The molecule has 1 aliphatic heterocycles. The summed E-state index contributed by atoms with van der Waals surface area (Å²) < 4.78 is 0. The minimum Gasteiger partial charge on any atom is -0.398 e. The van der Waals surface area contributed by atoms with E-state index >= 15 is 0 Å². The highest BCUT2D eigenvalue weighted by Crippen LogP contribution is 2.27. The first-order chi connectivity index (χ1) is 7.24. The predicted octanol–water partition coefficient (Wildman–Crippen LogP) is 0.607. The van der Waals surface area contributed by atoms with Crippen molar-refractivity contribution in [1.82, 2.24) is 4.90 Å². The highest BCUT2D eigenvalue weighted by atomic mass is 16.3. The number of rotatable bonds is 3. The maximum atomic E-state index is 11.9. The molecule has 2 rings (SSSR count). The van der Waals surface area contributed by atoms with Gasteiger partial charge in [0.1, 0.15) is 0 Å². The van der Waals surface area contributed by atoms with E-state index in [1.54, 1.807) is 11.0 Å². The molecular formula is C11H14N2O2. The van der Waals surface area contributed by atoms with Crippen molar-refractivity contribution in [3.05, 3.63) is 29.3 Å². The number of aliphatic hydroxyl groups is 1. The molecule has 0 aliphatic carbocycles. The van der Waals surface area contributed by atoms with Crippen LogP contribution in [-0.4, -0.2) is 29.1 Å². The number of anilines is 1. The quantitative estimate of drug-likeness (QED) is 0.712. The monoisotopic (exact) mass is 206 g/mol. The Morgan fingerprint density at radius 3 is 2.93 bits per heavy atom. The zero-order valence-corrected chi connectivity index (χ0v) is 8.44. The van der Waals surface area contributed by atoms with E-state index in [0.29, 0.717) is 30.8 Å². The molecule has 1 aliphatic rings. The number of fused-ring (bicyclic) bond motifs is 1. The third-order valence-electron chi connectivity index (χ3n) is 2.63. The second kappa shape index (κ2) is 3.90. The van der Waals surface area contributed by atoms with Crippen LogP contribution in [0.3, 0.4) is 0 Å². The smallest absolute Gasteiger partial charge is 0.256 e. The van der Waals surface area contributed by atoms with E-state index in [1.165, 1.54) is 0 Å². The highest BCUT2D eigenvalue weighted by molar-refractivity contribution is 6.02. The van der Waals surface area contributed by atoms with Crippen LogP contribution in [0.25, 0.3) is 0 Å². The van der Waals surface area contributed by atoms with Crippen molar-refractivity contribution >= 4 is 11.6 Å². The molecule has 1 heterocycles. The van der Waals surface area contributed by atoms with Gasteiger partial charge in [-0.15, -0.1) is 0 Å². The van der Waals surface area contributed by atoms with Crippen LogP contribution in [0, 0.1) is 0 Å². The summed E-state index contributed by atoms with van der Waals surface area (Å²) in [7, 11) is 0. The first-order valence-corrected chi connectivity index (χ1v) is 5.01. The molecule has 15 heavy (non-hydrogen) atoms. The number of hydrogen-bond donors (Lipinski definition) is 2. The lowest BCUT2D eigenvalue weighted by Crippen LogP contribution is -2.25. The van der Waals surface area contributed by atoms with Crippen molar-refractivity contribution in [2.45, 2.75) is 13.0 Å². The molecule has 4 nitrogen and oxygen atoms in total. The average Bonchev–Trinajstić information content (AvgIpc) is 2.54. The van der Waals surface area contributed by atoms with Crippen LogP contribution in [0.4, 0.5) is 5.69 Å². The second-order valence-electron chi connectivity index (χ2n) is 3.69. The standard InChI is InChI=1S/C11H14N2O2/c12-9-4-1-3-8-7-13(5-2-6-14)11(15)10(8)9/h1,3-4,14H,2,5-7,12H2. The number of carbonyl (C=O) groups excluding carboxylic acids is 1. The zero-order valence-electron chi connectivity index (χ0n) is 8.44. The van der Waals surface area contributed by atoms with Gasteiger partial charge in [-0.05, 0) is 18.1 Å². The van der Waals surface area contributed by atoms with Gasteiger partial charge in [0.15, 0.2) is 0 Å². The summed E-state index contributed by atoms with van der Waals surface area (Å²) in [5.74, 6) is -0.0171. The number of aliphatic hydroxyl groups excluding tert-OH is 1. The molecule has 0 spiro atoms. The maximum absolute atomic E-state index is 11.9. The molecule has 0 fully saturated rings. The largest absolute Gasteiger partial charge is 0.398 e. The Bertz CT molecular complexity index is 390. The molecule has 0 bridgehead atoms. The van der Waals surface area contributed by atoms with E-state index in [2.05, 4.69) is 0 Å². The summed E-state index contributed by atoms with van der Waals surface area (Å²) >= 11 is 0. The van der Waals surface area contributed by atoms with Crippen LogP contribution in [-0.2, 0) is 6.54 Å². The van der Waals surface area contributed by atoms with Gasteiger partial charge in [-0.25, -0.2) is 0 Å². The van der Waals surface area contributed by atoms with Crippen molar-refractivity contribution in [2.75, 3.05) is 18.9 Å². The van der Waals surface area contributed by atoms with Crippen LogP contribution < -0.4 is 5.73 Å². The number of nitrogens with two attached hydrogens (primary N) is 1. The summed E-state index contributed by atoms with van der Waals surface area (Å²) in [5.41, 5.74) is 7.92. The summed E-state index contributed by atoms with van der Waals surface area (Å²) in [6.07, 6.45) is 0.611. The molecule has 3 N–H and O–H groups in total. The first-order valence-electron chi connectivity index (χ1n) is 5.01. The SMILES string of the molecule is Nc1cccc2c1C(=O)N(CCCO)C2. The Morgan fingerprint density at radius 1 is 1.47 bits per heavy atom. The predicted molar refractivity (Wildman–Crippen MR) is 57.3 cm³/mol. The molecule has 0 saturated heterocycles. The maximum Gasteiger partial charge on any atom is 0.256 e. The number of amides is 1. The van der Waals surface area contributed by atoms with Gasteiger partial charge >= 0.3 is 0 Å². The molecule has 0 radical (unpaired) electrons. The summed E-state index contributed by atoms with van der Waals surface area (Å²) in [4.78, 5) is 13.6. The summed E-state index contributed by atoms with van der Waals surface area (Å²) in [5, 5.41) is 8.72. The van der Waals surface area contributed by atoms with E-state index in [1.807, 2.05) is 12.1 Å². The van der Waals surface area contributed by atoms with Crippen molar-refractivity contribution < 1.29 is 9.90 Å². The Labute approximate surface area is 88.3 Å². The van der Waals surface area contributed by atoms with Gasteiger partial charge in [-0.1, -0.05) is 12.1 Å². The molecule has 4 heteroatoms. The Morgan fingerprint density at radius 2 is 2.27 bits per heavy atom. The van der Waals surface area contributed by atoms with E-state index in [0.717, 1.165) is 5.56 Å². The van der Waals surface area contributed by atoms with Gasteiger partial charge in [-0.3, -0.25) is 4.79 Å². The number of nitrogens with zero attached hydrogens (tertiary/aromatic N) is 1. The fourth-order valence-corrected chi connectivity index (χ4v) is 1.89. The molecule has 1 amide bonds. The third-order valence-corrected chi connectivity index (χ3v) is 2.63. The van der Waals surface area contributed by atoms with Gasteiger partial charge in [0.25, 0.3) is 5.91 Å². The van der Waals surface area contributed by atoms with Gasteiger partial charge < -0.3 is 15.7 Å². The van der Waals surface area contributed by atoms with E-state index in [4.69, 9.17) is 10.8 Å². The Balaban J connectivity index is 2.22. The fraction of sp³-hybridized carbons (Fsp3) is 0.364. The average molecular weight is 206 g/mol. The Hall–Kier alpha value is -1.55. The lowest BCUT2D eigenvalue weighted by molar-refractivity contribution is 0.0769. The number of nitrogen functional groups attached to an aromatic ring is 1. The molecule has 0 atom stereocenters. The number of benzene rings is 1. The van der Waals surface area contributed by atoms with Crippen LogP contribution in [0.15, 0.2) is 18.2 Å². The number of hydrogen-bond acceptors (Lipinski definition) is 3. The van der Waals surface area contributed by atoms with Gasteiger partial charge in [-0.2, -0.15) is 0 Å². The molecule has 0 aromatic heterocycles. The molecule has 80 valence electrons. The van der Waals surface area contributed by atoms with Crippen molar-refractivity contribution in [1.29, 1.82) is 0 Å². The molecule has 0 unspecified atom stereocenters. The second-order valence-corrected chi connectivity index (χ2v) is 3.69. The lowest BCUT2D eigenvalue weighted by atomic mass is 10.1. The van der Waals surface area contributed by atoms with E-state index in [9.17, 15) is 4.79 Å².